The summed E-state index contributed by atoms with van der Waals surface area (Å²) >= 11 is 0. The fourth-order valence-corrected chi connectivity index (χ4v) is 2.78. The Morgan fingerprint density at radius 3 is 2.85 bits per heavy atom. The number of rotatable bonds is 4. The lowest BCUT2D eigenvalue weighted by atomic mass is 10.2. The zero-order chi connectivity index (χ0) is 14.8. The van der Waals surface area contributed by atoms with Crippen molar-refractivity contribution in [2.75, 3.05) is 24.2 Å². The zero-order valence-corrected chi connectivity index (χ0v) is 12.2. The van der Waals surface area contributed by atoms with Crippen molar-refractivity contribution in [2.45, 2.75) is 24.8 Å². The molecule has 0 spiro atoms. The van der Waals surface area contributed by atoms with Crippen LogP contribution in [0.3, 0.4) is 0 Å². The fourth-order valence-electron chi connectivity index (χ4n) is 1.87. The molecule has 1 aliphatic rings. The van der Waals surface area contributed by atoms with Crippen molar-refractivity contribution in [2.24, 2.45) is 0 Å². The summed E-state index contributed by atoms with van der Waals surface area (Å²) in [5.74, 6) is 0.0539. The number of esters is 1. The molecular weight excluding hydrogens is 282 g/mol. The highest BCUT2D eigenvalue weighted by Gasteiger charge is 2.27. The maximum Gasteiger partial charge on any atom is 0.349 e. The monoisotopic (exact) mass is 299 g/mol. The van der Waals surface area contributed by atoms with Crippen molar-refractivity contribution in [3.8, 4) is 5.75 Å². The van der Waals surface area contributed by atoms with Gasteiger partial charge in [-0.2, -0.15) is 0 Å². The third-order valence-electron chi connectivity index (χ3n) is 2.99. The summed E-state index contributed by atoms with van der Waals surface area (Å²) in [7, 11) is -3.26. The van der Waals surface area contributed by atoms with Crippen LogP contribution in [0.1, 0.15) is 13.8 Å². The van der Waals surface area contributed by atoms with Gasteiger partial charge in [0.05, 0.1) is 29.5 Å². The van der Waals surface area contributed by atoms with E-state index >= 15 is 0 Å². The second-order valence-electron chi connectivity index (χ2n) is 4.30. The summed E-state index contributed by atoms with van der Waals surface area (Å²) in [5, 5.41) is 3.00. The van der Waals surface area contributed by atoms with Crippen LogP contribution in [0.15, 0.2) is 23.1 Å². The SMILES string of the molecule is CCOC(=O)[C@@H]1CNc2cc(S(=O)(=O)CC)ccc2O1. The van der Waals surface area contributed by atoms with Crippen LogP contribution in [0.25, 0.3) is 0 Å². The van der Waals surface area contributed by atoms with Gasteiger partial charge in [-0.05, 0) is 25.1 Å². The summed E-state index contributed by atoms with van der Waals surface area (Å²) in [5.41, 5.74) is 0.570. The van der Waals surface area contributed by atoms with Crippen molar-refractivity contribution in [1.29, 1.82) is 0 Å². The Morgan fingerprint density at radius 1 is 1.45 bits per heavy atom. The Balaban J connectivity index is 2.22. The van der Waals surface area contributed by atoms with E-state index in [0.717, 1.165) is 0 Å². The molecule has 0 radical (unpaired) electrons. The highest BCUT2D eigenvalue weighted by atomic mass is 32.2. The minimum absolute atomic E-state index is 0.0398. The smallest absolute Gasteiger partial charge is 0.349 e. The van der Waals surface area contributed by atoms with Crippen molar-refractivity contribution in [1.82, 2.24) is 0 Å². The minimum atomic E-state index is -3.26. The van der Waals surface area contributed by atoms with Crippen molar-refractivity contribution in [3.05, 3.63) is 18.2 Å². The molecule has 110 valence electrons. The van der Waals surface area contributed by atoms with Crippen LogP contribution in [0.4, 0.5) is 5.69 Å². The number of fused-ring (bicyclic) bond motifs is 1. The van der Waals surface area contributed by atoms with E-state index in [9.17, 15) is 13.2 Å². The molecule has 0 aliphatic carbocycles. The normalized spacial score (nSPS) is 17.6. The lowest BCUT2D eigenvalue weighted by Gasteiger charge is -2.26. The molecule has 1 heterocycles. The van der Waals surface area contributed by atoms with Crippen molar-refractivity contribution >= 4 is 21.5 Å². The number of anilines is 1. The zero-order valence-electron chi connectivity index (χ0n) is 11.4. The van der Waals surface area contributed by atoms with Gasteiger partial charge in [0, 0.05) is 0 Å². The van der Waals surface area contributed by atoms with E-state index in [1.54, 1.807) is 19.9 Å². The van der Waals surface area contributed by atoms with Crippen LogP contribution in [0.5, 0.6) is 5.75 Å². The van der Waals surface area contributed by atoms with Gasteiger partial charge in [0.25, 0.3) is 0 Å². The Hall–Kier alpha value is -1.76. The van der Waals surface area contributed by atoms with Crippen LogP contribution in [-0.2, 0) is 19.4 Å². The van der Waals surface area contributed by atoms with Gasteiger partial charge in [-0.3, -0.25) is 0 Å². The molecule has 1 atom stereocenters. The van der Waals surface area contributed by atoms with E-state index in [2.05, 4.69) is 5.32 Å². The summed E-state index contributed by atoms with van der Waals surface area (Å²) in [4.78, 5) is 11.8. The van der Waals surface area contributed by atoms with Crippen molar-refractivity contribution in [3.63, 3.8) is 0 Å². The molecule has 2 rings (SSSR count). The van der Waals surface area contributed by atoms with E-state index in [4.69, 9.17) is 9.47 Å². The average molecular weight is 299 g/mol. The van der Waals surface area contributed by atoms with E-state index in [0.29, 0.717) is 18.0 Å². The number of benzene rings is 1. The Labute approximate surface area is 118 Å². The van der Waals surface area contributed by atoms with E-state index in [1.165, 1.54) is 12.1 Å². The molecule has 1 aromatic carbocycles. The highest BCUT2D eigenvalue weighted by molar-refractivity contribution is 7.91. The third-order valence-corrected chi connectivity index (χ3v) is 4.72. The molecule has 20 heavy (non-hydrogen) atoms. The Morgan fingerprint density at radius 2 is 2.20 bits per heavy atom. The van der Waals surface area contributed by atoms with E-state index in [-0.39, 0.29) is 17.2 Å². The summed E-state index contributed by atoms with van der Waals surface area (Å²) in [6, 6.07) is 4.55. The minimum Gasteiger partial charge on any atom is -0.475 e. The molecular formula is C13H17NO5S. The topological polar surface area (TPSA) is 81.7 Å². The Bertz CT molecular complexity index is 611. The molecule has 0 fully saturated rings. The number of hydrogen-bond acceptors (Lipinski definition) is 6. The first-order valence-electron chi connectivity index (χ1n) is 6.42. The first kappa shape index (κ1) is 14.6. The first-order chi connectivity index (χ1) is 9.47. The lowest BCUT2D eigenvalue weighted by molar-refractivity contribution is -0.150. The molecule has 0 saturated heterocycles. The Kier molecular flexibility index (Phi) is 4.17. The van der Waals surface area contributed by atoms with Gasteiger partial charge >= 0.3 is 5.97 Å². The highest BCUT2D eigenvalue weighted by Crippen LogP contribution is 2.31. The van der Waals surface area contributed by atoms with Gasteiger partial charge in [-0.25, -0.2) is 13.2 Å². The number of ether oxygens (including phenoxy) is 2. The van der Waals surface area contributed by atoms with Crippen LogP contribution in [0.2, 0.25) is 0 Å². The molecule has 0 unspecified atom stereocenters. The summed E-state index contributed by atoms with van der Waals surface area (Å²) in [6.07, 6.45) is -0.712. The predicted octanol–water partition coefficient (Wildman–Crippen LogP) is 1.22. The predicted molar refractivity (Wildman–Crippen MR) is 73.7 cm³/mol. The average Bonchev–Trinajstić information content (AvgIpc) is 2.46. The number of hydrogen-bond donors (Lipinski definition) is 1. The molecule has 0 saturated carbocycles. The molecule has 0 bridgehead atoms. The van der Waals surface area contributed by atoms with Crippen LogP contribution >= 0.6 is 0 Å². The maximum atomic E-state index is 11.8. The second kappa shape index (κ2) is 5.70. The summed E-state index contributed by atoms with van der Waals surface area (Å²) in [6.45, 7) is 3.86. The number of sulfone groups is 1. The molecule has 6 nitrogen and oxygen atoms in total. The lowest BCUT2D eigenvalue weighted by Crippen LogP contribution is -2.39. The number of nitrogens with one attached hydrogen (secondary N) is 1. The standard InChI is InChI=1S/C13H17NO5S/c1-3-18-13(15)12-8-14-10-7-9(20(16,17)4-2)5-6-11(10)19-12/h5-7,12,14H,3-4,8H2,1-2H3/t12-/m0/s1. The van der Waals surface area contributed by atoms with Crippen LogP contribution in [-0.4, -0.2) is 39.4 Å². The number of carbonyl (C=O) groups is 1. The largest absolute Gasteiger partial charge is 0.475 e. The van der Waals surface area contributed by atoms with Gasteiger partial charge in [-0.1, -0.05) is 6.92 Å². The van der Waals surface area contributed by atoms with Gasteiger partial charge in [-0.15, -0.1) is 0 Å². The van der Waals surface area contributed by atoms with Crippen LogP contribution < -0.4 is 10.1 Å². The van der Waals surface area contributed by atoms with Gasteiger partial charge in [0.1, 0.15) is 5.75 Å². The molecule has 0 amide bonds. The van der Waals surface area contributed by atoms with Crippen molar-refractivity contribution < 1.29 is 22.7 Å². The second-order valence-corrected chi connectivity index (χ2v) is 6.58. The molecule has 0 aromatic heterocycles. The number of carbonyl (C=O) groups excluding carboxylic acids is 1. The molecule has 1 aliphatic heterocycles. The van der Waals surface area contributed by atoms with E-state index in [1.807, 2.05) is 0 Å². The maximum absolute atomic E-state index is 11.8. The third kappa shape index (κ3) is 2.87. The quantitative estimate of drug-likeness (QED) is 0.842. The van der Waals surface area contributed by atoms with Gasteiger partial charge in [0.2, 0.25) is 6.10 Å². The first-order valence-corrected chi connectivity index (χ1v) is 8.07. The molecule has 7 heteroatoms. The molecule has 1 aromatic rings. The van der Waals surface area contributed by atoms with Gasteiger partial charge < -0.3 is 14.8 Å². The van der Waals surface area contributed by atoms with Gasteiger partial charge in [0.15, 0.2) is 9.84 Å². The molecule has 1 N–H and O–H groups in total. The van der Waals surface area contributed by atoms with Crippen LogP contribution in [0, 0.1) is 0 Å². The summed E-state index contributed by atoms with van der Waals surface area (Å²) < 4.78 is 34.0. The fraction of sp³-hybridized carbons (Fsp3) is 0.462. The van der Waals surface area contributed by atoms with E-state index < -0.39 is 21.9 Å².